The van der Waals surface area contributed by atoms with Crippen LogP contribution >= 0.6 is 0 Å². The molecule has 94 valence electrons. The Morgan fingerprint density at radius 2 is 2.29 bits per heavy atom. The maximum absolute atomic E-state index is 4.41. The molecule has 1 N–H and O–H groups in total. The van der Waals surface area contributed by atoms with Crippen LogP contribution in [-0.2, 0) is 6.54 Å². The van der Waals surface area contributed by atoms with Crippen LogP contribution in [0.2, 0.25) is 0 Å². The number of nitrogens with one attached hydrogen (secondary N) is 1. The van der Waals surface area contributed by atoms with E-state index in [1.54, 1.807) is 0 Å². The molecule has 0 aliphatic carbocycles. The first-order valence-electron chi connectivity index (χ1n) is 6.48. The monoisotopic (exact) mass is 234 g/mol. The Morgan fingerprint density at radius 3 is 3.00 bits per heavy atom. The minimum Gasteiger partial charge on any atom is -0.317 e. The van der Waals surface area contributed by atoms with Gasteiger partial charge in [-0.3, -0.25) is 14.9 Å². The molecule has 2 heterocycles. The van der Waals surface area contributed by atoms with E-state index >= 15 is 0 Å². The lowest BCUT2D eigenvalue weighted by Crippen LogP contribution is -2.26. The van der Waals surface area contributed by atoms with Crippen LogP contribution in [0.15, 0.2) is 12.4 Å². The smallest absolute Gasteiger partial charge is 0.0727 e. The Bertz CT molecular complexity index is 336. The second kappa shape index (κ2) is 6.07. The third kappa shape index (κ3) is 3.75. The van der Waals surface area contributed by atoms with Gasteiger partial charge in [0.25, 0.3) is 0 Å². The van der Waals surface area contributed by atoms with Crippen LogP contribution in [0, 0.1) is 12.8 Å². The lowest BCUT2D eigenvalue weighted by atomic mass is 10.1. The molecule has 1 aromatic heterocycles. The van der Waals surface area contributed by atoms with Crippen molar-refractivity contribution in [2.24, 2.45) is 5.92 Å². The van der Waals surface area contributed by atoms with Gasteiger partial charge in [0.2, 0.25) is 0 Å². The van der Waals surface area contributed by atoms with Crippen molar-refractivity contribution in [3.05, 3.63) is 23.8 Å². The fourth-order valence-electron chi connectivity index (χ4n) is 2.30. The molecule has 4 nitrogen and oxygen atoms in total. The van der Waals surface area contributed by atoms with Crippen molar-refractivity contribution in [3.8, 4) is 0 Å². The Balaban J connectivity index is 1.79. The zero-order valence-corrected chi connectivity index (χ0v) is 10.8. The van der Waals surface area contributed by atoms with Gasteiger partial charge in [0, 0.05) is 25.5 Å². The number of hydrogen-bond acceptors (Lipinski definition) is 4. The van der Waals surface area contributed by atoms with Crippen LogP contribution in [0.25, 0.3) is 0 Å². The van der Waals surface area contributed by atoms with E-state index in [2.05, 4.69) is 27.1 Å². The molecule has 0 saturated carbocycles. The molecule has 2 rings (SSSR count). The minimum atomic E-state index is 0.799. The number of aryl methyl sites for hydroxylation is 1. The van der Waals surface area contributed by atoms with E-state index in [1.165, 1.54) is 19.5 Å². The van der Waals surface area contributed by atoms with Gasteiger partial charge >= 0.3 is 0 Å². The summed E-state index contributed by atoms with van der Waals surface area (Å²) in [4.78, 5) is 11.2. The maximum Gasteiger partial charge on any atom is 0.0727 e. The number of hydrogen-bond donors (Lipinski definition) is 1. The first kappa shape index (κ1) is 12.5. The molecule has 1 aromatic rings. The normalized spacial score (nSPS) is 20.9. The van der Waals surface area contributed by atoms with Gasteiger partial charge in [-0.1, -0.05) is 6.92 Å². The highest BCUT2D eigenvalue weighted by Crippen LogP contribution is 2.17. The second-order valence-corrected chi connectivity index (χ2v) is 4.85. The molecule has 17 heavy (non-hydrogen) atoms. The zero-order chi connectivity index (χ0) is 12.1. The first-order valence-corrected chi connectivity index (χ1v) is 6.48. The zero-order valence-electron chi connectivity index (χ0n) is 10.8. The van der Waals surface area contributed by atoms with Gasteiger partial charge in [0.05, 0.1) is 11.4 Å². The summed E-state index contributed by atoms with van der Waals surface area (Å²) >= 11 is 0. The summed E-state index contributed by atoms with van der Waals surface area (Å²) in [5.41, 5.74) is 2.07. The summed E-state index contributed by atoms with van der Waals surface area (Å²) in [6, 6.07) is 0. The maximum atomic E-state index is 4.41. The van der Waals surface area contributed by atoms with Gasteiger partial charge in [0.1, 0.15) is 0 Å². The third-order valence-corrected chi connectivity index (χ3v) is 3.27. The summed E-state index contributed by atoms with van der Waals surface area (Å²) in [6.07, 6.45) is 5.04. The highest BCUT2D eigenvalue weighted by Gasteiger charge is 2.22. The van der Waals surface area contributed by atoms with Gasteiger partial charge in [0.15, 0.2) is 0 Å². The van der Waals surface area contributed by atoms with Gasteiger partial charge in [-0.05, 0) is 38.9 Å². The van der Waals surface area contributed by atoms with Crippen molar-refractivity contribution in [1.82, 2.24) is 20.2 Å². The molecule has 1 atom stereocenters. The van der Waals surface area contributed by atoms with Gasteiger partial charge in [-0.2, -0.15) is 0 Å². The number of rotatable bonds is 5. The highest BCUT2D eigenvalue weighted by molar-refractivity contribution is 5.01. The minimum absolute atomic E-state index is 0.799. The van der Waals surface area contributed by atoms with Crippen LogP contribution in [0.1, 0.15) is 24.7 Å². The summed E-state index contributed by atoms with van der Waals surface area (Å²) in [5.74, 6) is 0.799. The standard InChI is InChI=1S/C13H22N4/c1-3-14-7-12-4-5-17(9-12)10-13-8-15-11(2)6-16-13/h6,8,12,14H,3-5,7,9-10H2,1-2H3. The summed E-state index contributed by atoms with van der Waals surface area (Å²) in [6.45, 7) is 9.66. The van der Waals surface area contributed by atoms with Crippen LogP contribution < -0.4 is 5.32 Å². The van der Waals surface area contributed by atoms with Crippen LogP contribution in [-0.4, -0.2) is 41.0 Å². The van der Waals surface area contributed by atoms with Crippen molar-refractivity contribution in [1.29, 1.82) is 0 Å². The van der Waals surface area contributed by atoms with Crippen LogP contribution in [0.5, 0.6) is 0 Å². The Morgan fingerprint density at radius 1 is 1.41 bits per heavy atom. The molecule has 0 spiro atoms. The average molecular weight is 234 g/mol. The molecular weight excluding hydrogens is 212 g/mol. The Kier molecular flexibility index (Phi) is 4.45. The van der Waals surface area contributed by atoms with E-state index in [-0.39, 0.29) is 0 Å². The fraction of sp³-hybridized carbons (Fsp3) is 0.692. The molecule has 1 aliphatic heterocycles. The Hall–Kier alpha value is -1.00. The van der Waals surface area contributed by atoms with E-state index < -0.39 is 0 Å². The average Bonchev–Trinajstić information content (AvgIpc) is 2.77. The fourth-order valence-corrected chi connectivity index (χ4v) is 2.30. The van der Waals surface area contributed by atoms with Crippen molar-refractivity contribution in [2.45, 2.75) is 26.8 Å². The molecule has 1 saturated heterocycles. The van der Waals surface area contributed by atoms with Gasteiger partial charge in [-0.25, -0.2) is 0 Å². The van der Waals surface area contributed by atoms with Gasteiger partial charge < -0.3 is 5.32 Å². The lowest BCUT2D eigenvalue weighted by Gasteiger charge is -2.15. The molecule has 0 radical (unpaired) electrons. The molecule has 0 aromatic carbocycles. The quantitative estimate of drug-likeness (QED) is 0.831. The number of nitrogens with zero attached hydrogens (tertiary/aromatic N) is 3. The molecule has 1 unspecified atom stereocenters. The van der Waals surface area contributed by atoms with Crippen molar-refractivity contribution >= 4 is 0 Å². The molecule has 1 fully saturated rings. The third-order valence-electron chi connectivity index (χ3n) is 3.27. The predicted octanol–water partition coefficient (Wildman–Crippen LogP) is 1.22. The van der Waals surface area contributed by atoms with Crippen molar-refractivity contribution in [2.75, 3.05) is 26.2 Å². The molecule has 1 aliphatic rings. The van der Waals surface area contributed by atoms with E-state index in [0.29, 0.717) is 0 Å². The van der Waals surface area contributed by atoms with E-state index in [4.69, 9.17) is 0 Å². The summed E-state index contributed by atoms with van der Waals surface area (Å²) in [7, 11) is 0. The Labute approximate surface area is 103 Å². The topological polar surface area (TPSA) is 41.0 Å². The van der Waals surface area contributed by atoms with Crippen molar-refractivity contribution < 1.29 is 0 Å². The van der Waals surface area contributed by atoms with E-state index in [1.807, 2.05) is 19.3 Å². The molecule has 4 heteroatoms. The largest absolute Gasteiger partial charge is 0.317 e. The van der Waals surface area contributed by atoms with Crippen molar-refractivity contribution in [3.63, 3.8) is 0 Å². The summed E-state index contributed by atoms with van der Waals surface area (Å²) < 4.78 is 0. The molecular formula is C13H22N4. The van der Waals surface area contributed by atoms with Crippen LogP contribution in [0.3, 0.4) is 0 Å². The lowest BCUT2D eigenvalue weighted by molar-refractivity contribution is 0.310. The molecule has 0 bridgehead atoms. The molecule has 0 amide bonds. The number of aromatic nitrogens is 2. The number of likely N-dealkylation sites (tertiary alicyclic amines) is 1. The highest BCUT2D eigenvalue weighted by atomic mass is 15.2. The van der Waals surface area contributed by atoms with Crippen LogP contribution in [0.4, 0.5) is 0 Å². The SMILES string of the molecule is CCNCC1CCN(Cc2cnc(C)cn2)C1. The predicted molar refractivity (Wildman–Crippen MR) is 68.7 cm³/mol. The summed E-state index contributed by atoms with van der Waals surface area (Å²) in [5, 5.41) is 3.43. The van der Waals surface area contributed by atoms with E-state index in [9.17, 15) is 0 Å². The first-order chi connectivity index (χ1) is 8.28. The van der Waals surface area contributed by atoms with Gasteiger partial charge in [-0.15, -0.1) is 0 Å². The second-order valence-electron chi connectivity index (χ2n) is 4.85. The van der Waals surface area contributed by atoms with E-state index in [0.717, 1.165) is 36.9 Å².